The van der Waals surface area contributed by atoms with Crippen molar-refractivity contribution in [2.24, 2.45) is 0 Å². The van der Waals surface area contributed by atoms with Gasteiger partial charge >= 0.3 is 0 Å². The van der Waals surface area contributed by atoms with Crippen LogP contribution in [0.1, 0.15) is 72.2 Å². The van der Waals surface area contributed by atoms with Crippen LogP contribution in [0.2, 0.25) is 0 Å². The number of nitriles is 2. The van der Waals surface area contributed by atoms with Crippen molar-refractivity contribution >= 4 is 45.5 Å². The van der Waals surface area contributed by atoms with Crippen molar-refractivity contribution in [3.8, 4) is 34.4 Å². The van der Waals surface area contributed by atoms with Gasteiger partial charge in [-0.2, -0.15) is 10.5 Å². The minimum atomic E-state index is -0.312. The summed E-state index contributed by atoms with van der Waals surface area (Å²) in [7, 11) is 0. The number of rotatable bonds is 6. The van der Waals surface area contributed by atoms with Gasteiger partial charge in [-0.15, -0.1) is 0 Å². The Bertz CT molecular complexity index is 2740. The van der Waals surface area contributed by atoms with Crippen LogP contribution < -0.4 is 9.80 Å². The molecule has 9 rings (SSSR count). The van der Waals surface area contributed by atoms with Crippen molar-refractivity contribution in [3.05, 3.63) is 201 Å². The average molecular weight is 773 g/mol. The molecule has 6 heteroatoms. The molecule has 7 aromatic rings. The zero-order valence-electron chi connectivity index (χ0n) is 34.4. The Labute approximate surface area is 352 Å². The molecule has 2 aliphatic rings. The van der Waals surface area contributed by atoms with E-state index in [2.05, 4.69) is 110 Å². The van der Waals surface area contributed by atoms with E-state index in [4.69, 9.17) is 13.1 Å². The van der Waals surface area contributed by atoms with Crippen LogP contribution in [0.4, 0.5) is 45.5 Å². The first-order valence-electron chi connectivity index (χ1n) is 19.9. The van der Waals surface area contributed by atoms with Gasteiger partial charge in [-0.3, -0.25) is 0 Å². The summed E-state index contributed by atoms with van der Waals surface area (Å²) >= 11 is 0. The Morgan fingerprint density at radius 3 is 1.05 bits per heavy atom. The molecular formula is C54H40N6. The first-order chi connectivity index (χ1) is 28.9. The third kappa shape index (κ3) is 5.82. The molecule has 0 unspecified atom stereocenters. The number of aryl methyl sites for hydroxylation is 2. The standard InChI is InChI=1S/C54H40N6/c1-33-25-43(59(39-17-9-35(31-55)10-18-39)40-19-11-36(32-56)12-20-40)27-49-51(33)45-29-48-46(30-47(45)53(49,3)4)52-34(2)26-44(28-50(52)54(48,5)6)60(41-21-13-37(57-7)14-22-41)42-23-15-38(58-8)16-24-42/h9-30H,1-6H3. The lowest BCUT2D eigenvalue weighted by molar-refractivity contribution is 0.652. The molecule has 60 heavy (non-hydrogen) atoms. The maximum atomic E-state index is 9.55. The summed E-state index contributed by atoms with van der Waals surface area (Å²) in [5.74, 6) is 0. The monoisotopic (exact) mass is 772 g/mol. The van der Waals surface area contributed by atoms with Gasteiger partial charge in [0, 0.05) is 45.0 Å². The summed E-state index contributed by atoms with van der Waals surface area (Å²) in [4.78, 5) is 11.7. The molecule has 0 heterocycles. The molecule has 286 valence electrons. The molecule has 2 aliphatic carbocycles. The molecular weight excluding hydrogens is 733 g/mol. The molecule has 7 aromatic carbocycles. The van der Waals surface area contributed by atoms with E-state index in [0.29, 0.717) is 22.5 Å². The maximum absolute atomic E-state index is 9.55. The first-order valence-corrected chi connectivity index (χ1v) is 19.9. The average Bonchev–Trinajstić information content (AvgIpc) is 3.63. The van der Waals surface area contributed by atoms with Gasteiger partial charge in [0.05, 0.1) is 36.4 Å². The number of fused-ring (bicyclic) bond motifs is 6. The lowest BCUT2D eigenvalue weighted by atomic mass is 9.79. The number of benzene rings is 7. The molecule has 0 atom stereocenters. The van der Waals surface area contributed by atoms with Gasteiger partial charge in [0.15, 0.2) is 11.4 Å². The number of anilines is 6. The summed E-state index contributed by atoms with van der Waals surface area (Å²) in [6.45, 7) is 28.8. The normalized spacial score (nSPS) is 13.4. The maximum Gasteiger partial charge on any atom is 0.187 e. The quantitative estimate of drug-likeness (QED) is 0.158. The van der Waals surface area contributed by atoms with Gasteiger partial charge in [-0.1, -0.05) is 52.0 Å². The predicted octanol–water partition coefficient (Wildman–Crippen LogP) is 14.7. The van der Waals surface area contributed by atoms with Crippen LogP contribution in [0, 0.1) is 49.7 Å². The van der Waals surface area contributed by atoms with E-state index in [1.165, 1.54) is 55.6 Å². The molecule has 6 nitrogen and oxygen atoms in total. The van der Waals surface area contributed by atoms with Crippen molar-refractivity contribution in [3.63, 3.8) is 0 Å². The van der Waals surface area contributed by atoms with Crippen LogP contribution in [0.5, 0.6) is 0 Å². The van der Waals surface area contributed by atoms with Gasteiger partial charge in [0.1, 0.15) is 0 Å². The van der Waals surface area contributed by atoms with Crippen molar-refractivity contribution in [2.45, 2.75) is 52.4 Å². The van der Waals surface area contributed by atoms with Crippen LogP contribution in [-0.4, -0.2) is 0 Å². The Morgan fingerprint density at radius 2 is 0.750 bits per heavy atom. The number of nitrogens with zero attached hydrogens (tertiary/aromatic N) is 6. The summed E-state index contributed by atoms with van der Waals surface area (Å²) in [6, 6.07) is 49.2. The van der Waals surface area contributed by atoms with Crippen molar-refractivity contribution in [2.75, 3.05) is 9.80 Å². The second-order valence-corrected chi connectivity index (χ2v) is 16.8. The first kappa shape index (κ1) is 37.7. The highest BCUT2D eigenvalue weighted by Gasteiger charge is 2.43. The minimum Gasteiger partial charge on any atom is -0.311 e. The highest BCUT2D eigenvalue weighted by molar-refractivity contribution is 5.94. The van der Waals surface area contributed by atoms with E-state index in [9.17, 15) is 10.5 Å². The lowest BCUT2D eigenvalue weighted by Crippen LogP contribution is -2.18. The zero-order valence-corrected chi connectivity index (χ0v) is 34.4. The fourth-order valence-electron chi connectivity index (χ4n) is 9.45. The van der Waals surface area contributed by atoms with E-state index in [0.717, 1.165) is 34.1 Å². The van der Waals surface area contributed by atoms with Crippen LogP contribution in [0.15, 0.2) is 133 Å². The van der Waals surface area contributed by atoms with E-state index in [1.807, 2.05) is 97.1 Å². The largest absolute Gasteiger partial charge is 0.311 e. The fraction of sp³-hybridized carbons (Fsp3) is 0.148. The van der Waals surface area contributed by atoms with Crippen LogP contribution >= 0.6 is 0 Å². The second kappa shape index (κ2) is 13.9. The van der Waals surface area contributed by atoms with Gasteiger partial charge in [0.2, 0.25) is 0 Å². The molecule has 0 spiro atoms. The van der Waals surface area contributed by atoms with Crippen LogP contribution in [0.25, 0.3) is 31.9 Å². The van der Waals surface area contributed by atoms with Gasteiger partial charge < -0.3 is 9.80 Å². The smallest absolute Gasteiger partial charge is 0.187 e. The minimum absolute atomic E-state index is 0.309. The summed E-state index contributed by atoms with van der Waals surface area (Å²) in [6.07, 6.45) is 0. The third-order valence-electron chi connectivity index (χ3n) is 12.5. The molecule has 0 fully saturated rings. The van der Waals surface area contributed by atoms with Crippen molar-refractivity contribution in [1.82, 2.24) is 0 Å². The Morgan fingerprint density at radius 1 is 0.433 bits per heavy atom. The van der Waals surface area contributed by atoms with Gasteiger partial charge in [0.25, 0.3) is 0 Å². The van der Waals surface area contributed by atoms with E-state index in [1.54, 1.807) is 0 Å². The van der Waals surface area contributed by atoms with Gasteiger partial charge in [-0.05, 0) is 179 Å². The van der Waals surface area contributed by atoms with Crippen LogP contribution in [-0.2, 0) is 10.8 Å². The third-order valence-corrected chi connectivity index (χ3v) is 12.5. The Hall–Kier alpha value is -7.90. The van der Waals surface area contributed by atoms with E-state index < -0.39 is 0 Å². The zero-order chi connectivity index (χ0) is 42.1. The Kier molecular flexibility index (Phi) is 8.72. The molecule has 0 bridgehead atoms. The molecule has 0 aliphatic heterocycles. The molecule has 0 N–H and O–H groups in total. The topological polar surface area (TPSA) is 62.8 Å². The molecule has 0 saturated heterocycles. The predicted molar refractivity (Wildman–Crippen MR) is 242 cm³/mol. The fourth-order valence-corrected chi connectivity index (χ4v) is 9.45. The Balaban J connectivity index is 1.17. The highest BCUT2D eigenvalue weighted by atomic mass is 15.1. The number of hydrogen-bond acceptors (Lipinski definition) is 4. The SMILES string of the molecule is [C-]#[N+]c1ccc(N(c2ccc([N+]#[C-])cc2)c2cc(C)c3c(c2)C(C)(C)c2cc4c(cc2-3)C(C)(C)c2cc(N(c3ccc(C#N)cc3)c3ccc(C#N)cc3)cc(C)c2-4)cc1. The van der Waals surface area contributed by atoms with Crippen LogP contribution in [0.3, 0.4) is 0 Å². The van der Waals surface area contributed by atoms with E-state index in [-0.39, 0.29) is 10.8 Å². The molecule has 0 aromatic heterocycles. The molecule has 0 amide bonds. The lowest BCUT2D eigenvalue weighted by Gasteiger charge is -2.29. The van der Waals surface area contributed by atoms with Crippen molar-refractivity contribution in [1.29, 1.82) is 10.5 Å². The molecule has 0 radical (unpaired) electrons. The second-order valence-electron chi connectivity index (χ2n) is 16.8. The highest BCUT2D eigenvalue weighted by Crippen LogP contribution is 2.59. The summed E-state index contributed by atoms with van der Waals surface area (Å²) in [5, 5.41) is 19.1. The summed E-state index contributed by atoms with van der Waals surface area (Å²) < 4.78 is 0. The number of hydrogen-bond donors (Lipinski definition) is 0. The van der Waals surface area contributed by atoms with E-state index >= 15 is 0 Å². The van der Waals surface area contributed by atoms with Gasteiger partial charge in [-0.25, -0.2) is 9.69 Å². The molecule has 0 saturated carbocycles. The summed E-state index contributed by atoms with van der Waals surface area (Å²) in [5.41, 5.74) is 20.1. The van der Waals surface area contributed by atoms with Crippen molar-refractivity contribution < 1.29 is 0 Å².